The number of fused-ring (bicyclic) bond motifs is 1. The number of carbonyl (C=O) groups is 1. The number of anilines is 1. The number of aliphatic hydroxyl groups excluding tert-OH is 1. The molecule has 11 heteroatoms. The molecule has 2 aromatic heterocycles. The van der Waals surface area contributed by atoms with Crippen molar-refractivity contribution in [2.75, 3.05) is 32.6 Å². The van der Waals surface area contributed by atoms with Crippen LogP contribution in [-0.2, 0) is 35.6 Å². The Bertz CT molecular complexity index is 1500. The summed E-state index contributed by atoms with van der Waals surface area (Å²) in [6, 6.07) is 16.1. The van der Waals surface area contributed by atoms with Crippen molar-refractivity contribution in [2.45, 2.75) is 52.2 Å². The number of ether oxygens (including phenoxy) is 2. The fourth-order valence-corrected chi connectivity index (χ4v) is 4.58. The molecule has 0 spiro atoms. The number of nitrogens with zero attached hydrogens (tertiary/aromatic N) is 4. The third kappa shape index (κ3) is 8.15. The molecule has 2 heterocycles. The van der Waals surface area contributed by atoms with Crippen molar-refractivity contribution in [1.29, 1.82) is 0 Å². The van der Waals surface area contributed by atoms with Crippen molar-refractivity contribution >= 4 is 23.0 Å². The van der Waals surface area contributed by atoms with Gasteiger partial charge in [-0.2, -0.15) is 9.97 Å². The molecule has 0 aliphatic carbocycles. The van der Waals surface area contributed by atoms with E-state index in [1.165, 1.54) is 11.7 Å². The number of hydrogen-bond donors (Lipinski definition) is 3. The van der Waals surface area contributed by atoms with Crippen LogP contribution in [0.3, 0.4) is 0 Å². The van der Waals surface area contributed by atoms with Crippen LogP contribution in [0.4, 0.5) is 5.82 Å². The molecular formula is C30H38N6O5. The van der Waals surface area contributed by atoms with E-state index in [4.69, 9.17) is 15.2 Å². The quantitative estimate of drug-likeness (QED) is 0.147. The maximum atomic E-state index is 12.7. The molecule has 0 amide bonds. The zero-order valence-electron chi connectivity index (χ0n) is 23.6. The number of H-pyrrole nitrogens is 1. The second-order valence-corrected chi connectivity index (χ2v) is 9.99. The van der Waals surface area contributed by atoms with Gasteiger partial charge in [-0.15, -0.1) is 0 Å². The van der Waals surface area contributed by atoms with Gasteiger partial charge in [-0.25, -0.2) is 4.79 Å². The standard InChI is InChI=1S/C30H38N6O5/c1-3-4-15-41-29-33-27(31)26-28(34-29)36(30(39)32-26)20-22-11-9-21(10-12-22)18-35(13-6-14-37)19-24-8-5-7-23(16-24)17-25(38)40-2/h5,7-12,16,37H,3-4,6,13-15,17-20H2,1-2H3,(H,32,39)(H2,31,33,34). The summed E-state index contributed by atoms with van der Waals surface area (Å²) in [7, 11) is 1.39. The number of aromatic nitrogens is 4. The molecule has 218 valence electrons. The molecule has 0 aliphatic heterocycles. The summed E-state index contributed by atoms with van der Waals surface area (Å²) in [6.45, 7) is 5.03. The molecule has 0 unspecified atom stereocenters. The summed E-state index contributed by atoms with van der Waals surface area (Å²) in [5, 5.41) is 9.43. The number of esters is 1. The van der Waals surface area contributed by atoms with Gasteiger partial charge in [-0.1, -0.05) is 61.9 Å². The first-order chi connectivity index (χ1) is 19.9. The Morgan fingerprint density at radius 2 is 1.78 bits per heavy atom. The van der Waals surface area contributed by atoms with Crippen LogP contribution < -0.4 is 16.2 Å². The Morgan fingerprint density at radius 1 is 1.05 bits per heavy atom. The van der Waals surface area contributed by atoms with Crippen molar-refractivity contribution in [3.63, 3.8) is 0 Å². The van der Waals surface area contributed by atoms with Crippen molar-refractivity contribution in [3.8, 4) is 6.01 Å². The number of nitrogen functional groups attached to an aromatic ring is 1. The Kier molecular flexibility index (Phi) is 10.5. The summed E-state index contributed by atoms with van der Waals surface area (Å²) >= 11 is 0. The number of aromatic amines is 1. The molecule has 0 saturated carbocycles. The number of carbonyl (C=O) groups excluding carboxylic acids is 1. The van der Waals surface area contributed by atoms with Gasteiger partial charge in [0, 0.05) is 26.2 Å². The van der Waals surface area contributed by atoms with E-state index in [9.17, 15) is 14.7 Å². The molecule has 0 radical (unpaired) electrons. The highest BCUT2D eigenvalue weighted by molar-refractivity contribution is 5.82. The van der Waals surface area contributed by atoms with E-state index in [2.05, 4.69) is 26.8 Å². The summed E-state index contributed by atoms with van der Waals surface area (Å²) in [5.74, 6) is -0.0996. The summed E-state index contributed by atoms with van der Waals surface area (Å²) in [4.78, 5) is 38.1. The van der Waals surface area contributed by atoms with E-state index >= 15 is 0 Å². The van der Waals surface area contributed by atoms with Crippen LogP contribution in [0.2, 0.25) is 0 Å². The number of methoxy groups -OCH3 is 1. The molecule has 4 aromatic rings. The van der Waals surface area contributed by atoms with Crippen molar-refractivity contribution in [2.24, 2.45) is 0 Å². The lowest BCUT2D eigenvalue weighted by atomic mass is 10.1. The maximum absolute atomic E-state index is 12.7. The average Bonchev–Trinajstić information content (AvgIpc) is 3.28. The van der Waals surface area contributed by atoms with Crippen LogP contribution in [0.15, 0.2) is 53.3 Å². The second kappa shape index (κ2) is 14.4. The molecule has 0 bridgehead atoms. The largest absolute Gasteiger partial charge is 0.469 e. The SMILES string of the molecule is CCCCOc1nc(N)c2[nH]c(=O)n(Cc3ccc(CN(CCCO)Cc4cccc(CC(=O)OC)c4)cc3)c2n1. The van der Waals surface area contributed by atoms with Gasteiger partial charge < -0.3 is 25.3 Å². The molecular weight excluding hydrogens is 524 g/mol. The topological polar surface area (TPSA) is 149 Å². The molecule has 0 fully saturated rings. The van der Waals surface area contributed by atoms with E-state index in [0.717, 1.165) is 35.1 Å². The molecule has 4 N–H and O–H groups in total. The van der Waals surface area contributed by atoms with Gasteiger partial charge in [0.15, 0.2) is 11.5 Å². The average molecular weight is 563 g/mol. The zero-order valence-corrected chi connectivity index (χ0v) is 23.6. The normalized spacial score (nSPS) is 11.3. The molecule has 11 nitrogen and oxygen atoms in total. The fourth-order valence-electron chi connectivity index (χ4n) is 4.58. The van der Waals surface area contributed by atoms with E-state index in [1.54, 1.807) is 0 Å². The van der Waals surface area contributed by atoms with Crippen molar-refractivity contribution in [3.05, 3.63) is 81.3 Å². The maximum Gasteiger partial charge on any atom is 0.328 e. The first-order valence-corrected chi connectivity index (χ1v) is 13.8. The Balaban J connectivity index is 1.47. The van der Waals surface area contributed by atoms with E-state index in [0.29, 0.717) is 50.4 Å². The minimum Gasteiger partial charge on any atom is -0.469 e. The molecule has 41 heavy (non-hydrogen) atoms. The number of aliphatic hydroxyl groups is 1. The van der Waals surface area contributed by atoms with Crippen molar-refractivity contribution < 1.29 is 19.4 Å². The van der Waals surface area contributed by atoms with Crippen LogP contribution in [-0.4, -0.2) is 62.4 Å². The Hall–Kier alpha value is -4.22. The number of unbranched alkanes of at least 4 members (excludes halogenated alkanes) is 1. The number of nitrogens with two attached hydrogens (primary N) is 1. The van der Waals surface area contributed by atoms with Gasteiger partial charge in [0.05, 0.1) is 26.7 Å². The second-order valence-electron chi connectivity index (χ2n) is 9.99. The number of rotatable bonds is 15. The van der Waals surface area contributed by atoms with Gasteiger partial charge >= 0.3 is 17.7 Å². The van der Waals surface area contributed by atoms with Crippen LogP contribution in [0.1, 0.15) is 48.4 Å². The van der Waals surface area contributed by atoms with E-state index in [-0.39, 0.29) is 36.5 Å². The van der Waals surface area contributed by atoms with Crippen LogP contribution in [0.25, 0.3) is 11.2 Å². The van der Waals surface area contributed by atoms with Crippen molar-refractivity contribution in [1.82, 2.24) is 24.4 Å². The smallest absolute Gasteiger partial charge is 0.328 e. The van der Waals surface area contributed by atoms with Gasteiger partial charge in [0.2, 0.25) is 0 Å². The van der Waals surface area contributed by atoms with E-state index < -0.39 is 0 Å². The Labute approximate surface area is 238 Å². The molecule has 0 aliphatic rings. The van der Waals surface area contributed by atoms with Gasteiger partial charge in [0.1, 0.15) is 5.52 Å². The summed E-state index contributed by atoms with van der Waals surface area (Å²) in [6.07, 6.45) is 2.73. The zero-order chi connectivity index (χ0) is 29.2. The number of hydrogen-bond acceptors (Lipinski definition) is 9. The minimum absolute atomic E-state index is 0.108. The molecule has 0 saturated heterocycles. The minimum atomic E-state index is -0.319. The molecule has 2 aromatic carbocycles. The summed E-state index contributed by atoms with van der Waals surface area (Å²) in [5.41, 5.74) is 10.6. The van der Waals surface area contributed by atoms with E-state index in [1.807, 2.05) is 48.5 Å². The van der Waals surface area contributed by atoms with Gasteiger partial charge in [0.25, 0.3) is 0 Å². The number of benzene rings is 2. The lowest BCUT2D eigenvalue weighted by Gasteiger charge is -2.23. The highest BCUT2D eigenvalue weighted by Crippen LogP contribution is 2.19. The fraction of sp³-hybridized carbons (Fsp3) is 0.400. The summed E-state index contributed by atoms with van der Waals surface area (Å²) < 4.78 is 12.0. The Morgan fingerprint density at radius 3 is 2.51 bits per heavy atom. The first kappa shape index (κ1) is 29.8. The number of nitrogens with one attached hydrogen (secondary N) is 1. The lowest BCUT2D eigenvalue weighted by Crippen LogP contribution is -2.25. The van der Waals surface area contributed by atoms with Gasteiger partial charge in [-0.05, 0) is 35.1 Å². The molecule has 4 rings (SSSR count). The predicted octanol–water partition coefficient (Wildman–Crippen LogP) is 3.03. The monoisotopic (exact) mass is 562 g/mol. The highest BCUT2D eigenvalue weighted by Gasteiger charge is 2.15. The predicted molar refractivity (Wildman–Crippen MR) is 156 cm³/mol. The number of imidazole rings is 1. The third-order valence-electron chi connectivity index (χ3n) is 6.74. The van der Waals surface area contributed by atoms with Crippen LogP contribution in [0.5, 0.6) is 6.01 Å². The molecule has 0 atom stereocenters. The van der Waals surface area contributed by atoms with Crippen LogP contribution >= 0.6 is 0 Å². The first-order valence-electron chi connectivity index (χ1n) is 13.8. The highest BCUT2D eigenvalue weighted by atomic mass is 16.5. The van der Waals surface area contributed by atoms with Gasteiger partial charge in [-0.3, -0.25) is 14.3 Å². The van der Waals surface area contributed by atoms with Crippen LogP contribution in [0, 0.1) is 0 Å². The third-order valence-corrected chi connectivity index (χ3v) is 6.74. The lowest BCUT2D eigenvalue weighted by molar-refractivity contribution is -0.139.